The fourth-order valence-electron chi connectivity index (χ4n) is 1.40. The van der Waals surface area contributed by atoms with Gasteiger partial charge in [-0.1, -0.05) is 0 Å². The van der Waals surface area contributed by atoms with Gasteiger partial charge in [-0.25, -0.2) is 0 Å². The molecule has 0 atom stereocenters. The molecule has 0 fully saturated rings. The van der Waals surface area contributed by atoms with Crippen LogP contribution in [-0.4, -0.2) is 21.6 Å². The number of aromatic nitrogens is 2. The van der Waals surface area contributed by atoms with Crippen LogP contribution < -0.4 is 5.73 Å². The second kappa shape index (κ2) is 2.55. The highest BCUT2D eigenvalue weighted by Crippen LogP contribution is 2.20. The Morgan fingerprint density at radius 1 is 1.75 bits per heavy atom. The highest BCUT2D eigenvalue weighted by molar-refractivity contribution is 5.65. The van der Waals surface area contributed by atoms with Crippen LogP contribution in [0.1, 0.15) is 18.2 Å². The third-order valence-corrected chi connectivity index (χ3v) is 2.12. The summed E-state index contributed by atoms with van der Waals surface area (Å²) in [6.07, 6.45) is 3.74. The van der Waals surface area contributed by atoms with Crippen molar-refractivity contribution < 1.29 is 0 Å². The molecule has 1 aliphatic rings. The number of nitrogens with two attached hydrogens (primary N) is 1. The van der Waals surface area contributed by atoms with Gasteiger partial charge in [-0.15, -0.1) is 0 Å². The first kappa shape index (κ1) is 7.21. The molecule has 0 saturated carbocycles. The summed E-state index contributed by atoms with van der Waals surface area (Å²) < 4.78 is 0. The minimum Gasteiger partial charge on any atom is -0.397 e. The normalized spacial score (nSPS) is 15.8. The number of hydrogen-bond acceptors (Lipinski definition) is 3. The molecule has 0 radical (unpaired) electrons. The molecule has 2 rings (SSSR count). The Balaban J connectivity index is 2.38. The summed E-state index contributed by atoms with van der Waals surface area (Å²) in [4.78, 5) is 2.15. The SMILES string of the molecule is CCN1C=C(N)c2cn[nH]c2C1. The molecule has 4 heteroatoms. The molecule has 1 aromatic rings. The molecule has 12 heavy (non-hydrogen) atoms. The fourth-order valence-corrected chi connectivity index (χ4v) is 1.40. The van der Waals surface area contributed by atoms with E-state index in [0.29, 0.717) is 0 Å². The van der Waals surface area contributed by atoms with E-state index < -0.39 is 0 Å². The average Bonchev–Trinajstić information content (AvgIpc) is 2.52. The van der Waals surface area contributed by atoms with Crippen molar-refractivity contribution in [2.24, 2.45) is 5.73 Å². The van der Waals surface area contributed by atoms with Crippen LogP contribution in [0.3, 0.4) is 0 Å². The van der Waals surface area contributed by atoms with Gasteiger partial charge in [0.05, 0.1) is 24.1 Å². The molecule has 64 valence electrons. The molecule has 0 saturated heterocycles. The highest BCUT2D eigenvalue weighted by atomic mass is 15.2. The number of H-pyrrole nitrogens is 1. The first-order valence-corrected chi connectivity index (χ1v) is 4.05. The van der Waals surface area contributed by atoms with Crippen LogP contribution >= 0.6 is 0 Å². The molecule has 0 spiro atoms. The summed E-state index contributed by atoms with van der Waals surface area (Å²) in [6.45, 7) is 3.96. The van der Waals surface area contributed by atoms with E-state index in [1.54, 1.807) is 6.20 Å². The van der Waals surface area contributed by atoms with Crippen molar-refractivity contribution in [3.63, 3.8) is 0 Å². The molecular weight excluding hydrogens is 152 g/mol. The monoisotopic (exact) mass is 164 g/mol. The Kier molecular flexibility index (Phi) is 1.53. The summed E-state index contributed by atoms with van der Waals surface area (Å²) in [5.74, 6) is 0. The van der Waals surface area contributed by atoms with Crippen LogP contribution in [0.2, 0.25) is 0 Å². The molecule has 3 N–H and O–H groups in total. The van der Waals surface area contributed by atoms with Crippen molar-refractivity contribution in [3.8, 4) is 0 Å². The minimum atomic E-state index is 0.798. The van der Waals surface area contributed by atoms with E-state index in [2.05, 4.69) is 22.0 Å². The quantitative estimate of drug-likeness (QED) is 0.635. The smallest absolute Gasteiger partial charge is 0.0638 e. The Bertz CT molecular complexity index is 313. The molecule has 2 heterocycles. The molecule has 0 aliphatic carbocycles. The summed E-state index contributed by atoms with van der Waals surface area (Å²) in [7, 11) is 0. The van der Waals surface area contributed by atoms with Gasteiger partial charge < -0.3 is 10.6 Å². The maximum atomic E-state index is 5.82. The second-order valence-corrected chi connectivity index (χ2v) is 2.91. The van der Waals surface area contributed by atoms with Crippen LogP contribution in [-0.2, 0) is 6.54 Å². The van der Waals surface area contributed by atoms with Gasteiger partial charge in [0.1, 0.15) is 0 Å². The summed E-state index contributed by atoms with van der Waals surface area (Å²) in [6, 6.07) is 0. The Labute approximate surface area is 71.1 Å². The third kappa shape index (κ3) is 0.958. The van der Waals surface area contributed by atoms with Crippen molar-refractivity contribution >= 4 is 5.70 Å². The molecular formula is C8H12N4. The predicted octanol–water partition coefficient (Wildman–Crippen LogP) is 0.502. The summed E-state index contributed by atoms with van der Waals surface area (Å²) in [5.41, 5.74) is 8.76. The standard InChI is InChI=1S/C8H12N4/c1-2-12-4-7(9)6-3-10-11-8(6)5-12/h3-4H,2,5,9H2,1H3,(H,10,11). The van der Waals surface area contributed by atoms with E-state index in [4.69, 9.17) is 5.73 Å². The highest BCUT2D eigenvalue weighted by Gasteiger charge is 2.15. The zero-order valence-corrected chi connectivity index (χ0v) is 7.04. The zero-order valence-electron chi connectivity index (χ0n) is 7.04. The van der Waals surface area contributed by atoms with Crippen LogP contribution in [0.4, 0.5) is 0 Å². The lowest BCUT2D eigenvalue weighted by atomic mass is 10.1. The number of nitrogens with one attached hydrogen (secondary N) is 1. The number of nitrogens with zero attached hydrogens (tertiary/aromatic N) is 2. The predicted molar refractivity (Wildman–Crippen MR) is 46.8 cm³/mol. The second-order valence-electron chi connectivity index (χ2n) is 2.91. The molecule has 0 bridgehead atoms. The average molecular weight is 164 g/mol. The molecule has 0 unspecified atom stereocenters. The van der Waals surface area contributed by atoms with Crippen LogP contribution in [0.5, 0.6) is 0 Å². The van der Waals surface area contributed by atoms with Crippen molar-refractivity contribution in [2.75, 3.05) is 6.54 Å². The van der Waals surface area contributed by atoms with E-state index >= 15 is 0 Å². The van der Waals surface area contributed by atoms with Gasteiger partial charge in [-0.05, 0) is 6.92 Å². The van der Waals surface area contributed by atoms with Gasteiger partial charge in [-0.3, -0.25) is 5.10 Å². The maximum Gasteiger partial charge on any atom is 0.0638 e. The Morgan fingerprint density at radius 2 is 2.58 bits per heavy atom. The lowest BCUT2D eigenvalue weighted by Gasteiger charge is -2.23. The van der Waals surface area contributed by atoms with Crippen LogP contribution in [0.15, 0.2) is 12.4 Å². The number of fused-ring (bicyclic) bond motifs is 1. The zero-order chi connectivity index (χ0) is 8.55. The van der Waals surface area contributed by atoms with Crippen LogP contribution in [0, 0.1) is 0 Å². The van der Waals surface area contributed by atoms with Gasteiger partial charge in [0.2, 0.25) is 0 Å². The number of aromatic amines is 1. The minimum absolute atomic E-state index is 0.798. The van der Waals surface area contributed by atoms with E-state index in [0.717, 1.165) is 30.0 Å². The topological polar surface area (TPSA) is 57.9 Å². The summed E-state index contributed by atoms with van der Waals surface area (Å²) >= 11 is 0. The number of rotatable bonds is 1. The Morgan fingerprint density at radius 3 is 3.33 bits per heavy atom. The van der Waals surface area contributed by atoms with Gasteiger partial charge in [0.15, 0.2) is 0 Å². The lowest BCUT2D eigenvalue weighted by Crippen LogP contribution is -2.23. The van der Waals surface area contributed by atoms with Crippen LogP contribution in [0.25, 0.3) is 5.70 Å². The first-order chi connectivity index (χ1) is 5.81. The van der Waals surface area contributed by atoms with Gasteiger partial charge >= 0.3 is 0 Å². The van der Waals surface area contributed by atoms with Crippen molar-refractivity contribution in [1.29, 1.82) is 0 Å². The molecule has 0 aromatic carbocycles. The fraction of sp³-hybridized carbons (Fsp3) is 0.375. The van der Waals surface area contributed by atoms with Crippen molar-refractivity contribution in [2.45, 2.75) is 13.5 Å². The molecule has 1 aromatic heterocycles. The largest absolute Gasteiger partial charge is 0.397 e. The van der Waals surface area contributed by atoms with Gasteiger partial charge in [0, 0.05) is 18.3 Å². The van der Waals surface area contributed by atoms with Crippen molar-refractivity contribution in [1.82, 2.24) is 15.1 Å². The third-order valence-electron chi connectivity index (χ3n) is 2.12. The van der Waals surface area contributed by atoms with E-state index in [1.807, 2.05) is 6.20 Å². The van der Waals surface area contributed by atoms with Gasteiger partial charge in [-0.2, -0.15) is 5.10 Å². The van der Waals surface area contributed by atoms with E-state index in [-0.39, 0.29) is 0 Å². The van der Waals surface area contributed by atoms with Crippen molar-refractivity contribution in [3.05, 3.63) is 23.7 Å². The Hall–Kier alpha value is -1.45. The first-order valence-electron chi connectivity index (χ1n) is 4.05. The lowest BCUT2D eigenvalue weighted by molar-refractivity contribution is 0.379. The van der Waals surface area contributed by atoms with E-state index in [9.17, 15) is 0 Å². The van der Waals surface area contributed by atoms with E-state index in [1.165, 1.54) is 0 Å². The van der Waals surface area contributed by atoms with Gasteiger partial charge in [0.25, 0.3) is 0 Å². The maximum absolute atomic E-state index is 5.82. The number of hydrogen-bond donors (Lipinski definition) is 2. The molecule has 1 aliphatic heterocycles. The molecule has 4 nitrogen and oxygen atoms in total. The molecule has 0 amide bonds. The summed E-state index contributed by atoms with van der Waals surface area (Å²) in [5, 5.41) is 6.89.